The average molecular weight is 448 g/mol. The van der Waals surface area contributed by atoms with Crippen LogP contribution in [0.1, 0.15) is 15.9 Å². The minimum absolute atomic E-state index is 0.171. The van der Waals surface area contributed by atoms with Crippen LogP contribution in [0.25, 0.3) is 0 Å². The Hall–Kier alpha value is -2.49. The summed E-state index contributed by atoms with van der Waals surface area (Å²) in [7, 11) is -3.68. The van der Waals surface area contributed by atoms with Gasteiger partial charge in [-0.05, 0) is 48.9 Å². The zero-order valence-electron chi connectivity index (χ0n) is 17.5. The van der Waals surface area contributed by atoms with Gasteiger partial charge in [-0.15, -0.1) is 0 Å². The number of rotatable bonds is 4. The molecule has 0 aliphatic carbocycles. The molecule has 1 amide bonds. The van der Waals surface area contributed by atoms with Crippen molar-refractivity contribution in [2.45, 2.75) is 11.8 Å². The monoisotopic (exact) mass is 447 g/mol. The highest BCUT2D eigenvalue weighted by molar-refractivity contribution is 7.89. The van der Waals surface area contributed by atoms with Gasteiger partial charge in [0.2, 0.25) is 10.0 Å². The highest BCUT2D eigenvalue weighted by Crippen LogP contribution is 2.24. The Kier molecular flexibility index (Phi) is 6.27. The number of hydrogen-bond donors (Lipinski definition) is 0. The van der Waals surface area contributed by atoms with E-state index in [2.05, 4.69) is 4.90 Å². The summed E-state index contributed by atoms with van der Waals surface area (Å²) in [6, 6.07) is 11.2. The first-order valence-corrected chi connectivity index (χ1v) is 11.8. The number of ether oxygens (including phenoxy) is 1. The largest absolute Gasteiger partial charge is 0.379 e. The summed E-state index contributed by atoms with van der Waals surface area (Å²) in [6.45, 7) is 5.37. The fraction of sp³-hybridized carbons (Fsp3) is 0.409. The zero-order chi connectivity index (χ0) is 22.0. The third kappa shape index (κ3) is 4.58. The molecule has 0 unspecified atom stereocenters. The number of aryl methyl sites for hydroxylation is 1. The molecule has 0 aromatic heterocycles. The van der Waals surface area contributed by atoms with Crippen LogP contribution in [0.15, 0.2) is 47.4 Å². The first-order valence-electron chi connectivity index (χ1n) is 10.3. The lowest BCUT2D eigenvalue weighted by molar-refractivity contribution is 0.0729. The second kappa shape index (κ2) is 8.94. The Morgan fingerprint density at radius 2 is 1.58 bits per heavy atom. The van der Waals surface area contributed by atoms with Crippen LogP contribution in [-0.4, -0.2) is 76.0 Å². The summed E-state index contributed by atoms with van der Waals surface area (Å²) in [4.78, 5) is 17.1. The summed E-state index contributed by atoms with van der Waals surface area (Å²) in [5.74, 6) is -0.461. The Morgan fingerprint density at radius 3 is 2.23 bits per heavy atom. The summed E-state index contributed by atoms with van der Waals surface area (Å²) < 4.78 is 46.0. The fourth-order valence-corrected chi connectivity index (χ4v) is 5.60. The number of halogens is 1. The molecule has 166 valence electrons. The van der Waals surface area contributed by atoms with Crippen LogP contribution in [0.2, 0.25) is 0 Å². The smallest absolute Gasteiger partial charge is 0.254 e. The molecule has 0 N–H and O–H groups in total. The molecule has 2 aliphatic rings. The highest BCUT2D eigenvalue weighted by Gasteiger charge is 2.29. The molecule has 0 radical (unpaired) electrons. The van der Waals surface area contributed by atoms with Gasteiger partial charge in [0.05, 0.1) is 18.1 Å². The number of piperazine rings is 1. The van der Waals surface area contributed by atoms with Gasteiger partial charge < -0.3 is 14.5 Å². The number of amides is 1. The Labute approximate surface area is 182 Å². The third-order valence-corrected chi connectivity index (χ3v) is 7.82. The van der Waals surface area contributed by atoms with Gasteiger partial charge in [-0.3, -0.25) is 4.79 Å². The number of morpholine rings is 1. The molecule has 31 heavy (non-hydrogen) atoms. The van der Waals surface area contributed by atoms with E-state index >= 15 is 0 Å². The number of carbonyl (C=O) groups is 1. The molecule has 9 heteroatoms. The van der Waals surface area contributed by atoms with Gasteiger partial charge in [-0.2, -0.15) is 4.31 Å². The number of hydrogen-bond acceptors (Lipinski definition) is 5. The van der Waals surface area contributed by atoms with E-state index in [9.17, 15) is 17.6 Å². The van der Waals surface area contributed by atoms with Crippen LogP contribution >= 0.6 is 0 Å². The maximum Gasteiger partial charge on any atom is 0.254 e. The van der Waals surface area contributed by atoms with Crippen LogP contribution in [-0.2, 0) is 14.8 Å². The summed E-state index contributed by atoms with van der Waals surface area (Å²) in [6.07, 6.45) is 0. The van der Waals surface area contributed by atoms with Crippen molar-refractivity contribution in [1.29, 1.82) is 0 Å². The molecule has 2 aromatic carbocycles. The summed E-state index contributed by atoms with van der Waals surface area (Å²) in [5.41, 5.74) is 1.90. The number of anilines is 1. The molecular formula is C22H26FN3O4S. The van der Waals surface area contributed by atoms with E-state index in [4.69, 9.17) is 4.74 Å². The molecule has 2 aliphatic heterocycles. The molecule has 0 bridgehead atoms. The SMILES string of the molecule is Cc1ccc(C(=O)N2CCN(c3ccc(F)cc3)CC2)cc1S(=O)(=O)N1CCOCC1. The van der Waals surface area contributed by atoms with E-state index in [1.54, 1.807) is 36.1 Å². The van der Waals surface area contributed by atoms with Crippen molar-refractivity contribution >= 4 is 21.6 Å². The van der Waals surface area contributed by atoms with Crippen molar-refractivity contribution in [3.05, 3.63) is 59.4 Å². The van der Waals surface area contributed by atoms with Gasteiger partial charge in [0.1, 0.15) is 5.82 Å². The minimum Gasteiger partial charge on any atom is -0.379 e. The quantitative estimate of drug-likeness (QED) is 0.718. The van der Waals surface area contributed by atoms with Crippen LogP contribution in [0.4, 0.5) is 10.1 Å². The number of nitrogens with zero attached hydrogens (tertiary/aromatic N) is 3. The predicted molar refractivity (Wildman–Crippen MR) is 115 cm³/mol. The molecular weight excluding hydrogens is 421 g/mol. The van der Waals surface area contributed by atoms with E-state index in [1.807, 2.05) is 0 Å². The van der Waals surface area contributed by atoms with Crippen molar-refractivity contribution < 1.29 is 22.3 Å². The number of benzene rings is 2. The first-order chi connectivity index (χ1) is 14.9. The van der Waals surface area contributed by atoms with Crippen molar-refractivity contribution in [2.24, 2.45) is 0 Å². The maximum absolute atomic E-state index is 13.1. The maximum atomic E-state index is 13.1. The third-order valence-electron chi connectivity index (χ3n) is 5.78. The van der Waals surface area contributed by atoms with Crippen LogP contribution in [0.3, 0.4) is 0 Å². The van der Waals surface area contributed by atoms with Crippen molar-refractivity contribution in [2.75, 3.05) is 57.4 Å². The topological polar surface area (TPSA) is 70.2 Å². The van der Waals surface area contributed by atoms with Crippen molar-refractivity contribution in [3.63, 3.8) is 0 Å². The molecule has 4 rings (SSSR count). The summed E-state index contributed by atoms with van der Waals surface area (Å²) >= 11 is 0. The summed E-state index contributed by atoms with van der Waals surface area (Å²) in [5, 5.41) is 0. The van der Waals surface area contributed by atoms with E-state index < -0.39 is 10.0 Å². The van der Waals surface area contributed by atoms with Crippen LogP contribution in [0.5, 0.6) is 0 Å². The van der Waals surface area contributed by atoms with Gasteiger partial charge in [0.15, 0.2) is 0 Å². The molecule has 2 saturated heterocycles. The fourth-order valence-electron chi connectivity index (χ4n) is 3.94. The lowest BCUT2D eigenvalue weighted by atomic mass is 10.1. The van der Waals surface area contributed by atoms with E-state index in [1.165, 1.54) is 22.5 Å². The van der Waals surface area contributed by atoms with E-state index in [0.29, 0.717) is 63.6 Å². The average Bonchev–Trinajstić information content (AvgIpc) is 2.80. The molecule has 0 atom stereocenters. The molecule has 2 heterocycles. The predicted octanol–water partition coefficient (Wildman–Crippen LogP) is 2.12. The Bertz CT molecular complexity index is 1040. The Morgan fingerprint density at radius 1 is 0.935 bits per heavy atom. The standard InChI is InChI=1S/C22H26FN3O4S/c1-17-2-3-18(16-21(17)31(28,29)26-12-14-30-15-13-26)22(27)25-10-8-24(9-11-25)20-6-4-19(23)5-7-20/h2-7,16H,8-15H2,1H3. The highest BCUT2D eigenvalue weighted by atomic mass is 32.2. The van der Waals surface area contributed by atoms with Crippen molar-refractivity contribution in [3.8, 4) is 0 Å². The van der Waals surface area contributed by atoms with Crippen molar-refractivity contribution in [1.82, 2.24) is 9.21 Å². The molecule has 7 nitrogen and oxygen atoms in total. The molecule has 2 fully saturated rings. The Balaban J connectivity index is 1.48. The van der Waals surface area contributed by atoms with Gasteiger partial charge in [0, 0.05) is 50.5 Å². The van der Waals surface area contributed by atoms with Crippen LogP contribution in [0, 0.1) is 12.7 Å². The minimum atomic E-state index is -3.68. The number of carbonyl (C=O) groups excluding carboxylic acids is 1. The lowest BCUT2D eigenvalue weighted by Crippen LogP contribution is -2.48. The van der Waals surface area contributed by atoms with Gasteiger partial charge in [-0.1, -0.05) is 6.07 Å². The molecule has 0 saturated carbocycles. The van der Waals surface area contributed by atoms with E-state index in [-0.39, 0.29) is 16.6 Å². The van der Waals surface area contributed by atoms with Gasteiger partial charge in [0.25, 0.3) is 5.91 Å². The lowest BCUT2D eigenvalue weighted by Gasteiger charge is -2.36. The molecule has 0 spiro atoms. The zero-order valence-corrected chi connectivity index (χ0v) is 18.3. The first kappa shape index (κ1) is 21.7. The second-order valence-electron chi connectivity index (χ2n) is 7.75. The van der Waals surface area contributed by atoms with Gasteiger partial charge >= 0.3 is 0 Å². The van der Waals surface area contributed by atoms with E-state index in [0.717, 1.165) is 5.69 Å². The van der Waals surface area contributed by atoms with Gasteiger partial charge in [-0.25, -0.2) is 12.8 Å². The van der Waals surface area contributed by atoms with Crippen LogP contribution < -0.4 is 4.90 Å². The normalized spacial score (nSPS) is 18.3. The second-order valence-corrected chi connectivity index (χ2v) is 9.66. The molecule has 2 aromatic rings. The number of sulfonamides is 1.